The van der Waals surface area contributed by atoms with Crippen molar-refractivity contribution in [1.82, 2.24) is 10.6 Å². The van der Waals surface area contributed by atoms with Gasteiger partial charge in [0, 0.05) is 12.1 Å². The number of hydrogen-bond acceptors (Lipinski definition) is 2. The summed E-state index contributed by atoms with van der Waals surface area (Å²) in [4.78, 5) is 11.5. The largest absolute Gasteiger partial charge is 0.350 e. The standard InChI is InChI=1S/C13H20N2O/c1-13(2,3)15-12(16)10-14-9-11-7-5-4-6-8-11/h4-8,14H,9-10H2,1-3H3,(H,15,16). The van der Waals surface area contributed by atoms with Gasteiger partial charge in [-0.05, 0) is 26.3 Å². The van der Waals surface area contributed by atoms with Crippen LogP contribution in [0.15, 0.2) is 30.3 Å². The minimum absolute atomic E-state index is 0.0310. The monoisotopic (exact) mass is 220 g/mol. The number of rotatable bonds is 4. The lowest BCUT2D eigenvalue weighted by atomic mass is 10.1. The van der Waals surface area contributed by atoms with Crippen LogP contribution < -0.4 is 10.6 Å². The second-order valence-corrected chi connectivity index (χ2v) is 4.89. The van der Waals surface area contributed by atoms with Crippen LogP contribution in [0.1, 0.15) is 26.3 Å². The molecular weight excluding hydrogens is 200 g/mol. The summed E-state index contributed by atoms with van der Waals surface area (Å²) < 4.78 is 0. The number of hydrogen-bond donors (Lipinski definition) is 2. The van der Waals surface area contributed by atoms with Crippen LogP contribution >= 0.6 is 0 Å². The molecule has 0 aliphatic carbocycles. The number of nitrogens with one attached hydrogen (secondary N) is 2. The van der Waals surface area contributed by atoms with Crippen molar-refractivity contribution in [1.29, 1.82) is 0 Å². The van der Waals surface area contributed by atoms with Crippen LogP contribution in [0.2, 0.25) is 0 Å². The first-order valence-electron chi connectivity index (χ1n) is 5.53. The van der Waals surface area contributed by atoms with Gasteiger partial charge < -0.3 is 10.6 Å². The van der Waals surface area contributed by atoms with Gasteiger partial charge >= 0.3 is 0 Å². The molecule has 0 aliphatic rings. The quantitative estimate of drug-likeness (QED) is 0.810. The number of amides is 1. The van der Waals surface area contributed by atoms with E-state index in [1.54, 1.807) is 0 Å². The fraction of sp³-hybridized carbons (Fsp3) is 0.462. The summed E-state index contributed by atoms with van der Waals surface area (Å²) in [5.41, 5.74) is 1.02. The molecule has 3 heteroatoms. The summed E-state index contributed by atoms with van der Waals surface area (Å²) in [5.74, 6) is 0.0310. The van der Waals surface area contributed by atoms with Crippen LogP contribution in [-0.2, 0) is 11.3 Å². The van der Waals surface area contributed by atoms with Gasteiger partial charge in [-0.3, -0.25) is 4.79 Å². The Kier molecular flexibility index (Phi) is 4.50. The van der Waals surface area contributed by atoms with Crippen molar-refractivity contribution in [2.24, 2.45) is 0 Å². The van der Waals surface area contributed by atoms with E-state index in [0.29, 0.717) is 6.54 Å². The Morgan fingerprint density at radius 2 is 1.81 bits per heavy atom. The molecule has 0 unspecified atom stereocenters. The van der Waals surface area contributed by atoms with Gasteiger partial charge in [-0.1, -0.05) is 30.3 Å². The van der Waals surface area contributed by atoms with Crippen molar-refractivity contribution in [2.45, 2.75) is 32.9 Å². The average Bonchev–Trinajstić information content (AvgIpc) is 2.16. The molecule has 0 atom stereocenters. The molecule has 0 aliphatic heterocycles. The first-order valence-corrected chi connectivity index (χ1v) is 5.53. The molecule has 3 nitrogen and oxygen atoms in total. The normalized spacial score (nSPS) is 11.2. The van der Waals surface area contributed by atoms with Crippen LogP contribution in [0, 0.1) is 0 Å². The summed E-state index contributed by atoms with van der Waals surface area (Å²) in [5, 5.41) is 6.02. The molecule has 0 saturated carbocycles. The number of carbonyl (C=O) groups is 1. The third kappa shape index (κ3) is 5.51. The van der Waals surface area contributed by atoms with E-state index < -0.39 is 0 Å². The Balaban J connectivity index is 2.24. The van der Waals surface area contributed by atoms with E-state index in [0.717, 1.165) is 6.54 Å². The van der Waals surface area contributed by atoms with E-state index >= 15 is 0 Å². The summed E-state index contributed by atoms with van der Waals surface area (Å²) >= 11 is 0. The first-order chi connectivity index (χ1) is 7.47. The van der Waals surface area contributed by atoms with Gasteiger partial charge in [0.25, 0.3) is 0 Å². The molecule has 1 aromatic carbocycles. The topological polar surface area (TPSA) is 41.1 Å². The summed E-state index contributed by atoms with van der Waals surface area (Å²) in [7, 11) is 0. The minimum Gasteiger partial charge on any atom is -0.350 e. The highest BCUT2D eigenvalue weighted by molar-refractivity contribution is 5.78. The van der Waals surface area contributed by atoms with Crippen molar-refractivity contribution >= 4 is 5.91 Å². The molecule has 88 valence electrons. The molecule has 1 aromatic rings. The highest BCUT2D eigenvalue weighted by Crippen LogP contribution is 1.98. The highest BCUT2D eigenvalue weighted by Gasteiger charge is 2.12. The fourth-order valence-electron chi connectivity index (χ4n) is 1.38. The molecule has 0 aromatic heterocycles. The van der Waals surface area contributed by atoms with Gasteiger partial charge in [0.1, 0.15) is 0 Å². The maximum atomic E-state index is 11.5. The predicted molar refractivity (Wildman–Crippen MR) is 66.0 cm³/mol. The molecule has 2 N–H and O–H groups in total. The zero-order chi connectivity index (χ0) is 12.0. The Bertz CT molecular complexity index is 328. The molecule has 0 fully saturated rings. The first kappa shape index (κ1) is 12.7. The van der Waals surface area contributed by atoms with Gasteiger partial charge in [-0.15, -0.1) is 0 Å². The van der Waals surface area contributed by atoms with E-state index in [1.165, 1.54) is 5.56 Å². The Morgan fingerprint density at radius 1 is 1.19 bits per heavy atom. The second-order valence-electron chi connectivity index (χ2n) is 4.89. The lowest BCUT2D eigenvalue weighted by molar-refractivity contribution is -0.121. The minimum atomic E-state index is -0.161. The van der Waals surface area contributed by atoms with E-state index in [4.69, 9.17) is 0 Å². The molecule has 0 saturated heterocycles. The molecule has 1 rings (SSSR count). The zero-order valence-corrected chi connectivity index (χ0v) is 10.2. The third-order valence-corrected chi connectivity index (χ3v) is 1.97. The SMILES string of the molecule is CC(C)(C)NC(=O)CNCc1ccccc1. The van der Waals surface area contributed by atoms with Crippen LogP contribution in [-0.4, -0.2) is 18.0 Å². The van der Waals surface area contributed by atoms with E-state index in [1.807, 2.05) is 51.1 Å². The highest BCUT2D eigenvalue weighted by atomic mass is 16.2. The van der Waals surface area contributed by atoms with E-state index in [2.05, 4.69) is 10.6 Å². The molecule has 0 heterocycles. The molecule has 0 bridgehead atoms. The van der Waals surface area contributed by atoms with Crippen molar-refractivity contribution in [2.75, 3.05) is 6.54 Å². The van der Waals surface area contributed by atoms with Gasteiger partial charge in [0.05, 0.1) is 6.54 Å². The molecule has 16 heavy (non-hydrogen) atoms. The molecule has 1 amide bonds. The average molecular weight is 220 g/mol. The van der Waals surface area contributed by atoms with Crippen LogP contribution in [0.5, 0.6) is 0 Å². The van der Waals surface area contributed by atoms with Gasteiger partial charge in [-0.2, -0.15) is 0 Å². The number of benzene rings is 1. The summed E-state index contributed by atoms with van der Waals surface area (Å²) in [6.45, 7) is 7.00. The molecular formula is C13H20N2O. The Hall–Kier alpha value is -1.35. The van der Waals surface area contributed by atoms with E-state index in [-0.39, 0.29) is 11.4 Å². The fourth-order valence-corrected chi connectivity index (χ4v) is 1.38. The van der Waals surface area contributed by atoms with Crippen molar-refractivity contribution in [3.05, 3.63) is 35.9 Å². The van der Waals surface area contributed by atoms with Crippen molar-refractivity contribution < 1.29 is 4.79 Å². The maximum Gasteiger partial charge on any atom is 0.234 e. The van der Waals surface area contributed by atoms with Crippen LogP contribution in [0.25, 0.3) is 0 Å². The smallest absolute Gasteiger partial charge is 0.234 e. The lowest BCUT2D eigenvalue weighted by Gasteiger charge is -2.20. The lowest BCUT2D eigenvalue weighted by Crippen LogP contribution is -2.44. The van der Waals surface area contributed by atoms with Crippen LogP contribution in [0.4, 0.5) is 0 Å². The van der Waals surface area contributed by atoms with Gasteiger partial charge in [0.2, 0.25) is 5.91 Å². The zero-order valence-electron chi connectivity index (χ0n) is 10.2. The molecule has 0 spiro atoms. The summed E-state index contributed by atoms with van der Waals surface area (Å²) in [6.07, 6.45) is 0. The van der Waals surface area contributed by atoms with Crippen molar-refractivity contribution in [3.8, 4) is 0 Å². The molecule has 0 radical (unpaired) electrons. The third-order valence-electron chi connectivity index (χ3n) is 1.97. The van der Waals surface area contributed by atoms with E-state index in [9.17, 15) is 4.79 Å². The van der Waals surface area contributed by atoms with Gasteiger partial charge in [-0.25, -0.2) is 0 Å². The van der Waals surface area contributed by atoms with Crippen molar-refractivity contribution in [3.63, 3.8) is 0 Å². The van der Waals surface area contributed by atoms with Gasteiger partial charge in [0.15, 0.2) is 0 Å². The Morgan fingerprint density at radius 3 is 2.38 bits per heavy atom. The number of carbonyl (C=O) groups excluding carboxylic acids is 1. The Labute approximate surface area is 97.2 Å². The second kappa shape index (κ2) is 5.66. The van der Waals surface area contributed by atoms with Crippen LogP contribution in [0.3, 0.4) is 0 Å². The summed E-state index contributed by atoms with van der Waals surface area (Å²) in [6, 6.07) is 10.0. The maximum absolute atomic E-state index is 11.5. The predicted octanol–water partition coefficient (Wildman–Crippen LogP) is 1.69.